The fraction of sp³-hybridized carbons (Fsp3) is 0.462. The van der Waals surface area contributed by atoms with Gasteiger partial charge in [-0.2, -0.15) is 0 Å². The Kier molecular flexibility index (Phi) is 3.45. The van der Waals surface area contributed by atoms with Crippen LogP contribution >= 0.6 is 23.5 Å². The molecule has 122 valence electrons. The molecule has 4 unspecified atom stereocenters. The summed E-state index contributed by atoms with van der Waals surface area (Å²) in [6.45, 7) is 0. The van der Waals surface area contributed by atoms with Crippen molar-refractivity contribution in [2.75, 3.05) is 11.5 Å². The number of rotatable bonds is 2. The lowest BCUT2D eigenvalue weighted by Gasteiger charge is -2.45. The van der Waals surface area contributed by atoms with Crippen LogP contribution in [0.5, 0.6) is 0 Å². The summed E-state index contributed by atoms with van der Waals surface area (Å²) in [6, 6.07) is -0.977. The summed E-state index contributed by atoms with van der Waals surface area (Å²) in [5.41, 5.74) is 11.8. The third kappa shape index (κ3) is 2.20. The first-order valence-electron chi connectivity index (χ1n) is 6.99. The molecule has 10 heteroatoms. The van der Waals surface area contributed by atoms with E-state index in [1.165, 1.54) is 45.7 Å². The minimum atomic E-state index is -0.508. The average molecular weight is 354 g/mol. The minimum absolute atomic E-state index is 0.0737. The zero-order valence-corrected chi connectivity index (χ0v) is 13.5. The lowest BCUT2D eigenvalue weighted by molar-refractivity contribution is -0.142. The fourth-order valence-electron chi connectivity index (χ4n) is 2.76. The van der Waals surface area contributed by atoms with E-state index >= 15 is 0 Å². The van der Waals surface area contributed by atoms with Crippen molar-refractivity contribution in [1.29, 1.82) is 0 Å². The van der Waals surface area contributed by atoms with Gasteiger partial charge in [-0.1, -0.05) is 0 Å². The molecule has 0 aliphatic carbocycles. The van der Waals surface area contributed by atoms with Crippen LogP contribution in [0.15, 0.2) is 23.7 Å². The summed E-state index contributed by atoms with van der Waals surface area (Å²) in [7, 11) is 0. The summed E-state index contributed by atoms with van der Waals surface area (Å²) in [5.74, 6) is 0.458. The lowest BCUT2D eigenvalue weighted by atomic mass is 10.1. The maximum atomic E-state index is 12.2. The van der Waals surface area contributed by atoms with Gasteiger partial charge in [0.1, 0.15) is 28.6 Å². The number of nitrogens with two attached hydrogens (primary N) is 2. The SMILES string of the molecule is NC1C(=O)N2C=C(OC(=O)C3=CN4C(=O)C(N)C4SC3)CSC12. The molecule has 2 amide bonds. The standard InChI is InChI=1S/C13H14N4O4S2/c14-7-9(18)16-1-5(3-22-11(7)16)13(20)21-6-2-17-10(19)8(15)12(17)23-4-6/h1-2,7-8,11-12H,3-4,14-15H2. The Labute approximate surface area is 140 Å². The summed E-state index contributed by atoms with van der Waals surface area (Å²) in [6.07, 6.45) is 3.05. The van der Waals surface area contributed by atoms with Crippen LogP contribution in [0, 0.1) is 0 Å². The van der Waals surface area contributed by atoms with E-state index in [1.54, 1.807) is 0 Å². The molecule has 4 heterocycles. The number of amides is 2. The van der Waals surface area contributed by atoms with Crippen molar-refractivity contribution in [3.05, 3.63) is 23.7 Å². The molecular formula is C13H14N4O4S2. The zero-order valence-electron chi connectivity index (χ0n) is 11.9. The Hall–Kier alpha value is -1.49. The van der Waals surface area contributed by atoms with E-state index in [-0.39, 0.29) is 22.6 Å². The van der Waals surface area contributed by atoms with Crippen LogP contribution in [-0.4, -0.2) is 61.9 Å². The Morgan fingerprint density at radius 1 is 1.04 bits per heavy atom. The molecule has 0 aromatic carbocycles. The molecular weight excluding hydrogens is 340 g/mol. The Bertz CT molecular complexity index is 679. The van der Waals surface area contributed by atoms with Crippen LogP contribution in [0.3, 0.4) is 0 Å². The monoisotopic (exact) mass is 354 g/mol. The van der Waals surface area contributed by atoms with E-state index < -0.39 is 18.1 Å². The number of hydrogen-bond donors (Lipinski definition) is 2. The molecule has 4 rings (SSSR count). The molecule has 0 aromatic heterocycles. The Balaban J connectivity index is 1.43. The molecule has 2 saturated heterocycles. The molecule has 4 N–H and O–H groups in total. The third-order valence-electron chi connectivity index (χ3n) is 4.11. The predicted molar refractivity (Wildman–Crippen MR) is 84.4 cm³/mol. The second-order valence-electron chi connectivity index (χ2n) is 5.58. The molecule has 0 radical (unpaired) electrons. The summed E-state index contributed by atoms with van der Waals surface area (Å²) in [5, 5.41) is -0.167. The van der Waals surface area contributed by atoms with E-state index in [9.17, 15) is 14.4 Å². The number of ether oxygens (including phenoxy) is 1. The highest BCUT2D eigenvalue weighted by molar-refractivity contribution is 8.00. The van der Waals surface area contributed by atoms with Crippen molar-refractivity contribution in [3.8, 4) is 0 Å². The lowest BCUT2D eigenvalue weighted by Crippen LogP contribution is -2.66. The first kappa shape index (κ1) is 15.1. The molecule has 4 atom stereocenters. The van der Waals surface area contributed by atoms with Crippen LogP contribution < -0.4 is 11.5 Å². The molecule has 0 saturated carbocycles. The maximum Gasteiger partial charge on any atom is 0.341 e. The number of esters is 1. The second kappa shape index (κ2) is 5.26. The molecule has 0 aromatic rings. The number of fused-ring (bicyclic) bond motifs is 2. The second-order valence-corrected chi connectivity index (χ2v) is 7.79. The van der Waals surface area contributed by atoms with Crippen molar-refractivity contribution < 1.29 is 19.1 Å². The largest absolute Gasteiger partial charge is 0.425 e. The van der Waals surface area contributed by atoms with E-state index in [0.29, 0.717) is 22.8 Å². The highest BCUT2D eigenvalue weighted by atomic mass is 32.2. The first-order valence-corrected chi connectivity index (χ1v) is 9.09. The number of carbonyl (C=O) groups excluding carboxylic acids is 3. The molecule has 8 nitrogen and oxygen atoms in total. The van der Waals surface area contributed by atoms with Crippen LogP contribution in [0.4, 0.5) is 0 Å². The van der Waals surface area contributed by atoms with Gasteiger partial charge in [-0.05, 0) is 0 Å². The summed E-state index contributed by atoms with van der Waals surface area (Å²) >= 11 is 2.90. The Morgan fingerprint density at radius 3 is 2.26 bits per heavy atom. The zero-order chi connectivity index (χ0) is 16.3. The third-order valence-corrected chi connectivity index (χ3v) is 6.76. The van der Waals surface area contributed by atoms with Crippen molar-refractivity contribution in [1.82, 2.24) is 9.80 Å². The van der Waals surface area contributed by atoms with E-state index in [2.05, 4.69) is 0 Å². The van der Waals surface area contributed by atoms with Gasteiger partial charge < -0.3 is 21.1 Å². The van der Waals surface area contributed by atoms with Crippen LogP contribution in [-0.2, 0) is 19.1 Å². The molecule has 2 fully saturated rings. The highest BCUT2D eigenvalue weighted by Crippen LogP contribution is 2.37. The number of carbonyl (C=O) groups is 3. The van der Waals surface area contributed by atoms with Gasteiger partial charge in [0.2, 0.25) is 11.8 Å². The van der Waals surface area contributed by atoms with Crippen molar-refractivity contribution in [3.63, 3.8) is 0 Å². The maximum absolute atomic E-state index is 12.2. The van der Waals surface area contributed by atoms with E-state index in [4.69, 9.17) is 16.2 Å². The van der Waals surface area contributed by atoms with Gasteiger partial charge in [0.15, 0.2) is 0 Å². The summed E-state index contributed by atoms with van der Waals surface area (Å²) in [4.78, 5) is 38.4. The van der Waals surface area contributed by atoms with Gasteiger partial charge in [-0.25, -0.2) is 4.79 Å². The number of thioether (sulfide) groups is 2. The minimum Gasteiger partial charge on any atom is -0.425 e. The van der Waals surface area contributed by atoms with E-state index in [0.717, 1.165) is 0 Å². The Morgan fingerprint density at radius 2 is 1.61 bits per heavy atom. The average Bonchev–Trinajstić information content (AvgIpc) is 2.59. The van der Waals surface area contributed by atoms with Crippen molar-refractivity contribution in [2.45, 2.75) is 22.8 Å². The van der Waals surface area contributed by atoms with Gasteiger partial charge in [0.25, 0.3) is 0 Å². The fourth-order valence-corrected chi connectivity index (χ4v) is 5.06. The van der Waals surface area contributed by atoms with Crippen molar-refractivity contribution >= 4 is 41.3 Å². The smallest absolute Gasteiger partial charge is 0.341 e. The quantitative estimate of drug-likeness (QED) is 0.466. The van der Waals surface area contributed by atoms with Gasteiger partial charge in [0, 0.05) is 18.2 Å². The van der Waals surface area contributed by atoms with Gasteiger partial charge >= 0.3 is 5.97 Å². The molecule has 0 bridgehead atoms. The first-order chi connectivity index (χ1) is 11.0. The normalized spacial score (nSPS) is 35.4. The molecule has 4 aliphatic rings. The summed E-state index contributed by atoms with van der Waals surface area (Å²) < 4.78 is 5.35. The highest BCUT2D eigenvalue weighted by Gasteiger charge is 2.48. The number of β-lactam (4-membered cyclic amide) rings is 2. The van der Waals surface area contributed by atoms with Crippen molar-refractivity contribution in [2.24, 2.45) is 11.5 Å². The van der Waals surface area contributed by atoms with Crippen LogP contribution in [0.25, 0.3) is 0 Å². The van der Waals surface area contributed by atoms with Crippen LogP contribution in [0.1, 0.15) is 0 Å². The molecule has 23 heavy (non-hydrogen) atoms. The number of hydrogen-bond acceptors (Lipinski definition) is 8. The molecule has 0 spiro atoms. The van der Waals surface area contributed by atoms with Gasteiger partial charge in [-0.15, -0.1) is 23.5 Å². The van der Waals surface area contributed by atoms with Gasteiger partial charge in [0.05, 0.1) is 11.3 Å². The molecule has 4 aliphatic heterocycles. The topological polar surface area (TPSA) is 119 Å². The van der Waals surface area contributed by atoms with Gasteiger partial charge in [-0.3, -0.25) is 14.5 Å². The van der Waals surface area contributed by atoms with Crippen LogP contribution in [0.2, 0.25) is 0 Å². The predicted octanol–water partition coefficient (Wildman–Crippen LogP) is -1.26. The van der Waals surface area contributed by atoms with E-state index in [1.807, 2.05) is 0 Å². The number of nitrogens with zero attached hydrogens (tertiary/aromatic N) is 2.